The molecule has 2 rings (SSSR count). The highest BCUT2D eigenvalue weighted by Gasteiger charge is 2.24. The lowest BCUT2D eigenvalue weighted by Crippen LogP contribution is -2.31. The molecule has 0 bridgehead atoms. The van der Waals surface area contributed by atoms with Crippen LogP contribution < -0.4 is 5.32 Å². The fraction of sp³-hybridized carbons (Fsp3) is 0.636. The first-order valence-electron chi connectivity index (χ1n) is 5.30. The van der Waals surface area contributed by atoms with E-state index in [1.807, 2.05) is 7.05 Å². The molecule has 84 valence electrons. The van der Waals surface area contributed by atoms with Crippen LogP contribution >= 0.6 is 27.3 Å². The summed E-state index contributed by atoms with van der Waals surface area (Å²) in [5, 5.41) is 5.63. The fourth-order valence-electron chi connectivity index (χ4n) is 2.19. The molecule has 0 aliphatic carbocycles. The van der Waals surface area contributed by atoms with Crippen molar-refractivity contribution in [2.24, 2.45) is 5.92 Å². The molecule has 1 aliphatic heterocycles. The molecule has 1 fully saturated rings. The Balaban J connectivity index is 2.08. The molecule has 1 aromatic heterocycles. The third-order valence-electron chi connectivity index (χ3n) is 2.92. The van der Waals surface area contributed by atoms with Gasteiger partial charge in [-0.15, -0.1) is 11.3 Å². The first-order valence-corrected chi connectivity index (χ1v) is 6.97. The number of thiophene rings is 1. The summed E-state index contributed by atoms with van der Waals surface area (Å²) in [5.41, 5.74) is 1.38. The van der Waals surface area contributed by atoms with Crippen LogP contribution in [-0.2, 0) is 4.74 Å². The number of hydrogen-bond donors (Lipinski definition) is 1. The summed E-state index contributed by atoms with van der Waals surface area (Å²) in [7, 11) is 2.03. The molecule has 1 aliphatic rings. The van der Waals surface area contributed by atoms with E-state index in [2.05, 4.69) is 32.7 Å². The van der Waals surface area contributed by atoms with E-state index in [1.165, 1.54) is 22.2 Å². The number of rotatable bonds is 3. The zero-order chi connectivity index (χ0) is 10.7. The highest BCUT2D eigenvalue weighted by Crippen LogP contribution is 2.32. The van der Waals surface area contributed by atoms with E-state index >= 15 is 0 Å². The van der Waals surface area contributed by atoms with Gasteiger partial charge in [-0.3, -0.25) is 0 Å². The molecule has 15 heavy (non-hydrogen) atoms. The average Bonchev–Trinajstić information content (AvgIpc) is 2.68. The predicted octanol–water partition coefficient (Wildman–Crippen LogP) is 3.20. The summed E-state index contributed by atoms with van der Waals surface area (Å²) in [6, 6.07) is 2.65. The van der Waals surface area contributed by atoms with Crippen LogP contribution in [0.15, 0.2) is 15.2 Å². The maximum absolute atomic E-state index is 5.54. The van der Waals surface area contributed by atoms with Gasteiger partial charge >= 0.3 is 0 Å². The molecular weight excluding hydrogens is 274 g/mol. The van der Waals surface area contributed by atoms with Gasteiger partial charge in [0.1, 0.15) is 0 Å². The van der Waals surface area contributed by atoms with Gasteiger partial charge in [-0.25, -0.2) is 0 Å². The van der Waals surface area contributed by atoms with E-state index in [9.17, 15) is 0 Å². The SMILES string of the molecule is CNC(c1csc(Br)c1)C1CCCOC1. The lowest BCUT2D eigenvalue weighted by Gasteiger charge is -2.29. The summed E-state index contributed by atoms with van der Waals surface area (Å²) >= 11 is 5.26. The first kappa shape index (κ1) is 11.6. The second kappa shape index (κ2) is 5.43. The summed E-state index contributed by atoms with van der Waals surface area (Å²) in [4.78, 5) is 0. The Morgan fingerprint density at radius 3 is 3.07 bits per heavy atom. The smallest absolute Gasteiger partial charge is 0.0701 e. The second-order valence-electron chi connectivity index (χ2n) is 3.93. The van der Waals surface area contributed by atoms with E-state index in [-0.39, 0.29) is 0 Å². The van der Waals surface area contributed by atoms with Crippen LogP contribution in [0.2, 0.25) is 0 Å². The summed E-state index contributed by atoms with van der Waals surface area (Å²) in [5.74, 6) is 0.616. The molecule has 0 aromatic carbocycles. The Morgan fingerprint density at radius 1 is 1.67 bits per heavy atom. The lowest BCUT2D eigenvalue weighted by atomic mass is 9.90. The van der Waals surface area contributed by atoms with Crippen LogP contribution in [0.1, 0.15) is 24.4 Å². The van der Waals surface area contributed by atoms with E-state index < -0.39 is 0 Å². The van der Waals surface area contributed by atoms with Gasteiger partial charge in [0, 0.05) is 18.6 Å². The third kappa shape index (κ3) is 2.81. The van der Waals surface area contributed by atoms with Crippen molar-refractivity contribution >= 4 is 27.3 Å². The standard InChI is InChI=1S/C11H16BrNOS/c1-13-11(8-3-2-4-14-6-8)9-5-10(12)15-7-9/h5,7-8,11,13H,2-4,6H2,1H3. The molecule has 0 saturated carbocycles. The van der Waals surface area contributed by atoms with Crippen molar-refractivity contribution in [1.29, 1.82) is 0 Å². The third-order valence-corrected chi connectivity index (χ3v) is 4.45. The molecule has 4 heteroatoms. The summed E-state index contributed by atoms with van der Waals surface area (Å²) < 4.78 is 6.75. The van der Waals surface area contributed by atoms with Gasteiger partial charge in [0.05, 0.1) is 10.4 Å². The number of ether oxygens (including phenoxy) is 1. The molecule has 1 N–H and O–H groups in total. The van der Waals surface area contributed by atoms with Crippen molar-refractivity contribution in [3.63, 3.8) is 0 Å². The van der Waals surface area contributed by atoms with Gasteiger partial charge in [0.15, 0.2) is 0 Å². The molecule has 2 atom stereocenters. The molecular formula is C11H16BrNOS. The topological polar surface area (TPSA) is 21.3 Å². The Kier molecular flexibility index (Phi) is 4.20. The van der Waals surface area contributed by atoms with E-state index in [4.69, 9.17) is 4.74 Å². The van der Waals surface area contributed by atoms with Gasteiger partial charge in [-0.2, -0.15) is 0 Å². The summed E-state index contributed by atoms with van der Waals surface area (Å²) in [6.45, 7) is 1.82. The highest BCUT2D eigenvalue weighted by atomic mass is 79.9. The minimum atomic E-state index is 0.438. The van der Waals surface area contributed by atoms with E-state index in [1.54, 1.807) is 11.3 Å². The first-order chi connectivity index (χ1) is 7.31. The predicted molar refractivity (Wildman–Crippen MR) is 67.4 cm³/mol. The fourth-order valence-corrected chi connectivity index (χ4v) is 3.40. The van der Waals surface area contributed by atoms with Crippen LogP contribution in [0.4, 0.5) is 0 Å². The average molecular weight is 290 g/mol. The van der Waals surface area contributed by atoms with Crippen molar-refractivity contribution in [1.82, 2.24) is 5.32 Å². The van der Waals surface area contributed by atoms with Crippen molar-refractivity contribution in [2.45, 2.75) is 18.9 Å². The van der Waals surface area contributed by atoms with Gasteiger partial charge in [-0.05, 0) is 52.8 Å². The van der Waals surface area contributed by atoms with Gasteiger partial charge in [0.25, 0.3) is 0 Å². The molecule has 2 nitrogen and oxygen atoms in total. The Hall–Kier alpha value is 0.1000. The molecule has 1 saturated heterocycles. The van der Waals surface area contributed by atoms with Crippen LogP contribution in [0.3, 0.4) is 0 Å². The summed E-state index contributed by atoms with van der Waals surface area (Å²) in [6.07, 6.45) is 2.45. The maximum Gasteiger partial charge on any atom is 0.0701 e. The maximum atomic E-state index is 5.54. The van der Waals surface area contributed by atoms with Crippen LogP contribution in [0, 0.1) is 5.92 Å². The Bertz CT molecular complexity index is 309. The largest absolute Gasteiger partial charge is 0.381 e. The Labute approximate surface area is 103 Å². The quantitative estimate of drug-likeness (QED) is 0.923. The molecule has 0 radical (unpaired) electrons. The lowest BCUT2D eigenvalue weighted by molar-refractivity contribution is 0.0402. The van der Waals surface area contributed by atoms with Crippen molar-refractivity contribution in [3.8, 4) is 0 Å². The van der Waals surface area contributed by atoms with Crippen LogP contribution in [0.5, 0.6) is 0 Å². The minimum absolute atomic E-state index is 0.438. The molecule has 2 unspecified atom stereocenters. The number of nitrogens with one attached hydrogen (secondary N) is 1. The van der Waals surface area contributed by atoms with E-state index in [0.717, 1.165) is 13.2 Å². The monoisotopic (exact) mass is 289 g/mol. The molecule has 0 spiro atoms. The molecule has 1 aromatic rings. The highest BCUT2D eigenvalue weighted by molar-refractivity contribution is 9.11. The van der Waals surface area contributed by atoms with E-state index in [0.29, 0.717) is 12.0 Å². The minimum Gasteiger partial charge on any atom is -0.381 e. The normalized spacial score (nSPS) is 24.0. The Morgan fingerprint density at radius 2 is 2.53 bits per heavy atom. The van der Waals surface area contributed by atoms with Gasteiger partial charge in [0.2, 0.25) is 0 Å². The zero-order valence-electron chi connectivity index (χ0n) is 8.83. The van der Waals surface area contributed by atoms with Gasteiger partial charge in [-0.1, -0.05) is 0 Å². The van der Waals surface area contributed by atoms with Crippen molar-refractivity contribution in [2.75, 3.05) is 20.3 Å². The zero-order valence-corrected chi connectivity index (χ0v) is 11.2. The van der Waals surface area contributed by atoms with Crippen molar-refractivity contribution in [3.05, 3.63) is 20.8 Å². The molecule has 0 amide bonds. The number of halogens is 1. The molecule has 2 heterocycles. The van der Waals surface area contributed by atoms with Crippen LogP contribution in [0.25, 0.3) is 0 Å². The van der Waals surface area contributed by atoms with Gasteiger partial charge < -0.3 is 10.1 Å². The van der Waals surface area contributed by atoms with Crippen LogP contribution in [-0.4, -0.2) is 20.3 Å². The van der Waals surface area contributed by atoms with Crippen molar-refractivity contribution < 1.29 is 4.74 Å². The second-order valence-corrected chi connectivity index (χ2v) is 6.22. The number of hydrogen-bond acceptors (Lipinski definition) is 3.